The Labute approximate surface area is 155 Å². The van der Waals surface area contributed by atoms with Gasteiger partial charge in [0, 0.05) is 12.1 Å². The summed E-state index contributed by atoms with van der Waals surface area (Å²) in [5.74, 6) is -0.0233. The van der Waals surface area contributed by atoms with Crippen LogP contribution in [0.4, 0.5) is 9.18 Å². The van der Waals surface area contributed by atoms with Gasteiger partial charge >= 0.3 is 0 Å². The predicted molar refractivity (Wildman–Crippen MR) is 100 cm³/mol. The average Bonchev–Trinajstić information content (AvgIpc) is 2.89. The highest BCUT2D eigenvalue weighted by Crippen LogP contribution is 2.34. The molecule has 1 aliphatic rings. The van der Waals surface area contributed by atoms with Crippen LogP contribution in [0.1, 0.15) is 24.5 Å². The molecule has 1 aliphatic heterocycles. The lowest BCUT2D eigenvalue weighted by Gasteiger charge is -2.11. The Bertz CT molecular complexity index is 866. The van der Waals surface area contributed by atoms with E-state index < -0.39 is 0 Å². The van der Waals surface area contributed by atoms with E-state index in [4.69, 9.17) is 4.74 Å². The van der Waals surface area contributed by atoms with E-state index >= 15 is 0 Å². The average molecular weight is 371 g/mol. The smallest absolute Gasteiger partial charge is 0.293 e. The number of carbonyl (C=O) groups excluding carboxylic acids is 2. The lowest BCUT2D eigenvalue weighted by atomic mass is 10.1. The lowest BCUT2D eigenvalue weighted by Crippen LogP contribution is -2.28. The van der Waals surface area contributed by atoms with Crippen molar-refractivity contribution in [2.75, 3.05) is 6.54 Å². The van der Waals surface area contributed by atoms with Crippen LogP contribution in [0.15, 0.2) is 53.4 Å². The van der Waals surface area contributed by atoms with E-state index in [-0.39, 0.29) is 23.6 Å². The van der Waals surface area contributed by atoms with Crippen molar-refractivity contribution in [1.82, 2.24) is 4.90 Å². The van der Waals surface area contributed by atoms with Gasteiger partial charge in [-0.1, -0.05) is 37.3 Å². The van der Waals surface area contributed by atoms with E-state index in [0.29, 0.717) is 28.3 Å². The van der Waals surface area contributed by atoms with Crippen LogP contribution < -0.4 is 4.74 Å². The van der Waals surface area contributed by atoms with Gasteiger partial charge in [-0.2, -0.15) is 0 Å². The summed E-state index contributed by atoms with van der Waals surface area (Å²) in [4.78, 5) is 26.0. The number of hydrogen-bond acceptors (Lipinski definition) is 4. The van der Waals surface area contributed by atoms with Crippen molar-refractivity contribution in [3.8, 4) is 5.75 Å². The third kappa shape index (κ3) is 4.14. The van der Waals surface area contributed by atoms with Gasteiger partial charge in [0.05, 0.1) is 4.91 Å². The molecule has 1 heterocycles. The molecule has 0 atom stereocenters. The Kier molecular flexibility index (Phi) is 5.73. The van der Waals surface area contributed by atoms with Gasteiger partial charge in [-0.3, -0.25) is 14.5 Å². The van der Waals surface area contributed by atoms with Crippen molar-refractivity contribution in [2.45, 2.75) is 20.0 Å². The second-order valence-corrected chi connectivity index (χ2v) is 6.78. The number of carbonyl (C=O) groups is 2. The lowest BCUT2D eigenvalue weighted by molar-refractivity contribution is -0.122. The van der Waals surface area contributed by atoms with Crippen LogP contribution in [0.3, 0.4) is 0 Å². The summed E-state index contributed by atoms with van der Waals surface area (Å²) in [6.45, 7) is 2.54. The highest BCUT2D eigenvalue weighted by molar-refractivity contribution is 8.18. The van der Waals surface area contributed by atoms with Crippen LogP contribution in [0.5, 0.6) is 5.75 Å². The van der Waals surface area contributed by atoms with Gasteiger partial charge in [-0.25, -0.2) is 4.39 Å². The number of amides is 2. The molecule has 2 amide bonds. The minimum atomic E-state index is -0.316. The fourth-order valence-corrected chi connectivity index (χ4v) is 3.43. The fourth-order valence-electron chi connectivity index (χ4n) is 2.58. The summed E-state index contributed by atoms with van der Waals surface area (Å²) in [7, 11) is 0. The molecule has 0 radical (unpaired) electrons. The molecule has 2 aromatic rings. The van der Waals surface area contributed by atoms with Crippen LogP contribution in [-0.2, 0) is 11.4 Å². The van der Waals surface area contributed by atoms with Gasteiger partial charge in [0.1, 0.15) is 18.2 Å². The number of nitrogens with zero attached hydrogens (tertiary/aromatic N) is 1. The molecular weight excluding hydrogens is 353 g/mol. The quantitative estimate of drug-likeness (QED) is 0.681. The Morgan fingerprint density at radius 3 is 2.73 bits per heavy atom. The Morgan fingerprint density at radius 2 is 1.96 bits per heavy atom. The second kappa shape index (κ2) is 8.19. The van der Waals surface area contributed by atoms with Gasteiger partial charge in [-0.05, 0) is 48.0 Å². The second-order valence-electron chi connectivity index (χ2n) is 5.79. The Morgan fingerprint density at radius 1 is 1.15 bits per heavy atom. The SMILES string of the molecule is CCCN1C(=O)SC(=Cc2ccccc2OCc2cccc(F)c2)C1=O. The molecule has 26 heavy (non-hydrogen) atoms. The maximum atomic E-state index is 13.3. The maximum absolute atomic E-state index is 13.3. The molecule has 4 nitrogen and oxygen atoms in total. The van der Waals surface area contributed by atoms with Crippen LogP contribution in [0, 0.1) is 5.82 Å². The molecule has 0 N–H and O–H groups in total. The third-order valence-corrected chi connectivity index (χ3v) is 4.72. The monoisotopic (exact) mass is 371 g/mol. The standard InChI is InChI=1S/C20H18FNO3S/c1-2-10-22-19(23)18(26-20(22)24)12-15-7-3-4-9-17(15)25-13-14-6-5-8-16(21)11-14/h3-9,11-12H,2,10,13H2,1H3. The first kappa shape index (κ1) is 18.2. The number of para-hydroxylation sites is 1. The van der Waals surface area contributed by atoms with E-state index in [9.17, 15) is 14.0 Å². The summed E-state index contributed by atoms with van der Waals surface area (Å²) in [5, 5.41) is -0.249. The zero-order valence-electron chi connectivity index (χ0n) is 14.3. The fraction of sp³-hybridized carbons (Fsp3) is 0.200. The third-order valence-electron chi connectivity index (χ3n) is 3.81. The summed E-state index contributed by atoms with van der Waals surface area (Å²) >= 11 is 0.935. The molecule has 1 saturated heterocycles. The molecule has 6 heteroatoms. The normalized spacial score (nSPS) is 15.8. The van der Waals surface area contributed by atoms with Crippen LogP contribution in [-0.4, -0.2) is 22.6 Å². The molecule has 3 rings (SSSR count). The summed E-state index contributed by atoms with van der Waals surface area (Å²) in [6.07, 6.45) is 2.39. The number of benzene rings is 2. The highest BCUT2D eigenvalue weighted by atomic mass is 32.2. The number of imide groups is 1. The number of ether oxygens (including phenoxy) is 1. The zero-order valence-corrected chi connectivity index (χ0v) is 15.1. The highest BCUT2D eigenvalue weighted by Gasteiger charge is 2.34. The molecule has 0 unspecified atom stereocenters. The first-order valence-electron chi connectivity index (χ1n) is 8.30. The van der Waals surface area contributed by atoms with Gasteiger partial charge < -0.3 is 4.74 Å². The van der Waals surface area contributed by atoms with Gasteiger partial charge in [0.25, 0.3) is 11.1 Å². The Hall–Kier alpha value is -2.60. The van der Waals surface area contributed by atoms with Crippen molar-refractivity contribution >= 4 is 29.0 Å². The molecule has 0 aromatic heterocycles. The molecule has 1 fully saturated rings. The van der Waals surface area contributed by atoms with Gasteiger partial charge in [-0.15, -0.1) is 0 Å². The minimum absolute atomic E-state index is 0.208. The van der Waals surface area contributed by atoms with Crippen LogP contribution in [0.25, 0.3) is 6.08 Å². The largest absolute Gasteiger partial charge is 0.488 e. The van der Waals surface area contributed by atoms with Crippen molar-refractivity contribution in [2.24, 2.45) is 0 Å². The number of halogens is 1. The first-order chi connectivity index (χ1) is 12.6. The van der Waals surface area contributed by atoms with Crippen LogP contribution >= 0.6 is 11.8 Å². The summed E-state index contributed by atoms with van der Waals surface area (Å²) < 4.78 is 19.1. The molecule has 0 bridgehead atoms. The molecule has 0 aliphatic carbocycles. The molecule has 0 saturated carbocycles. The van der Waals surface area contributed by atoms with E-state index in [1.165, 1.54) is 17.0 Å². The van der Waals surface area contributed by atoms with Gasteiger partial charge in [0.15, 0.2) is 0 Å². The molecular formula is C20H18FNO3S. The topological polar surface area (TPSA) is 46.6 Å². The van der Waals surface area contributed by atoms with Crippen molar-refractivity contribution < 1.29 is 18.7 Å². The zero-order chi connectivity index (χ0) is 18.5. The van der Waals surface area contributed by atoms with Gasteiger partial charge in [0.2, 0.25) is 0 Å². The van der Waals surface area contributed by atoms with E-state index in [0.717, 1.165) is 18.2 Å². The van der Waals surface area contributed by atoms with E-state index in [1.54, 1.807) is 24.3 Å². The van der Waals surface area contributed by atoms with Crippen molar-refractivity contribution in [3.05, 3.63) is 70.4 Å². The number of hydrogen-bond donors (Lipinski definition) is 0. The predicted octanol–water partition coefficient (Wildman–Crippen LogP) is 4.85. The minimum Gasteiger partial charge on any atom is -0.488 e. The van der Waals surface area contributed by atoms with Crippen molar-refractivity contribution in [3.63, 3.8) is 0 Å². The number of thioether (sulfide) groups is 1. The van der Waals surface area contributed by atoms with Crippen LogP contribution in [0.2, 0.25) is 0 Å². The van der Waals surface area contributed by atoms with E-state index in [1.807, 2.05) is 25.1 Å². The molecule has 134 valence electrons. The molecule has 0 spiro atoms. The van der Waals surface area contributed by atoms with Crippen molar-refractivity contribution in [1.29, 1.82) is 0 Å². The Balaban J connectivity index is 1.79. The molecule has 2 aromatic carbocycles. The first-order valence-corrected chi connectivity index (χ1v) is 9.11. The maximum Gasteiger partial charge on any atom is 0.293 e. The summed E-state index contributed by atoms with van der Waals surface area (Å²) in [5.41, 5.74) is 1.41. The number of rotatable bonds is 6. The summed E-state index contributed by atoms with van der Waals surface area (Å²) in [6, 6.07) is 13.4. The van der Waals surface area contributed by atoms with E-state index in [2.05, 4.69) is 0 Å².